The number of aromatic nitrogens is 1. The molecular formula is C19H25F2IN4O. The lowest BCUT2D eigenvalue weighted by molar-refractivity contribution is -0.0504. The van der Waals surface area contributed by atoms with E-state index in [0.29, 0.717) is 24.6 Å². The van der Waals surface area contributed by atoms with E-state index in [-0.39, 0.29) is 29.7 Å². The number of aryl methyl sites for hydroxylation is 2. The second-order valence-corrected chi connectivity index (χ2v) is 5.90. The number of nitrogens with one attached hydrogen (secondary N) is 2. The van der Waals surface area contributed by atoms with E-state index in [2.05, 4.69) is 25.3 Å². The van der Waals surface area contributed by atoms with E-state index in [0.717, 1.165) is 23.2 Å². The highest BCUT2D eigenvalue weighted by Crippen LogP contribution is 2.21. The molecule has 8 heteroatoms. The van der Waals surface area contributed by atoms with Gasteiger partial charge in [0.15, 0.2) is 5.96 Å². The minimum Gasteiger partial charge on any atom is -0.434 e. The molecule has 0 radical (unpaired) electrons. The van der Waals surface area contributed by atoms with Crippen molar-refractivity contribution in [3.63, 3.8) is 0 Å². The van der Waals surface area contributed by atoms with Gasteiger partial charge in [-0.15, -0.1) is 24.0 Å². The van der Waals surface area contributed by atoms with Crippen LogP contribution >= 0.6 is 24.0 Å². The van der Waals surface area contributed by atoms with Gasteiger partial charge in [0.25, 0.3) is 0 Å². The SMILES string of the molecule is CN=C(NCCc1ccc(C)nc1)NCc1cc(C)ccc1OC(F)F.I. The summed E-state index contributed by atoms with van der Waals surface area (Å²) >= 11 is 0. The predicted molar refractivity (Wildman–Crippen MR) is 114 cm³/mol. The lowest BCUT2D eigenvalue weighted by Crippen LogP contribution is -2.38. The van der Waals surface area contributed by atoms with Crippen molar-refractivity contribution in [3.8, 4) is 5.75 Å². The van der Waals surface area contributed by atoms with Gasteiger partial charge in [0.2, 0.25) is 0 Å². The standard InChI is InChI=1S/C19H24F2N4O.HI/c1-13-4-7-17(26-18(20)21)16(10-13)12-25-19(22-3)23-9-8-15-6-5-14(2)24-11-15;/h4-7,10-11,18H,8-9,12H2,1-3H3,(H2,22,23,25);1H. The first-order chi connectivity index (χ1) is 12.5. The summed E-state index contributed by atoms with van der Waals surface area (Å²) < 4.78 is 29.6. The van der Waals surface area contributed by atoms with Crippen LogP contribution in [0.25, 0.3) is 0 Å². The summed E-state index contributed by atoms with van der Waals surface area (Å²) in [4.78, 5) is 8.42. The second-order valence-electron chi connectivity index (χ2n) is 5.90. The minimum absolute atomic E-state index is 0. The molecule has 0 spiro atoms. The van der Waals surface area contributed by atoms with Gasteiger partial charge in [0, 0.05) is 37.6 Å². The average molecular weight is 490 g/mol. The largest absolute Gasteiger partial charge is 0.434 e. The Balaban J connectivity index is 0.00000364. The first-order valence-electron chi connectivity index (χ1n) is 8.38. The molecule has 0 aliphatic carbocycles. The monoisotopic (exact) mass is 490 g/mol. The van der Waals surface area contributed by atoms with Gasteiger partial charge >= 0.3 is 6.61 Å². The first-order valence-corrected chi connectivity index (χ1v) is 8.38. The predicted octanol–water partition coefficient (Wildman–Crippen LogP) is 3.83. The molecule has 0 aliphatic rings. The molecule has 1 aromatic heterocycles. The molecule has 0 unspecified atom stereocenters. The van der Waals surface area contributed by atoms with E-state index < -0.39 is 6.61 Å². The number of hydrogen-bond donors (Lipinski definition) is 2. The van der Waals surface area contributed by atoms with Crippen LogP contribution in [-0.2, 0) is 13.0 Å². The van der Waals surface area contributed by atoms with Crippen LogP contribution in [-0.4, -0.2) is 31.1 Å². The van der Waals surface area contributed by atoms with Gasteiger partial charge in [-0.3, -0.25) is 9.98 Å². The molecule has 2 aromatic rings. The second kappa shape index (κ2) is 11.7. The normalized spacial score (nSPS) is 11.1. The molecule has 0 saturated carbocycles. The Bertz CT molecular complexity index is 739. The van der Waals surface area contributed by atoms with Crippen molar-refractivity contribution in [1.82, 2.24) is 15.6 Å². The summed E-state index contributed by atoms with van der Waals surface area (Å²) in [6, 6.07) is 9.13. The van der Waals surface area contributed by atoms with E-state index in [1.54, 1.807) is 19.2 Å². The maximum absolute atomic E-state index is 12.5. The zero-order valence-electron chi connectivity index (χ0n) is 15.6. The topological polar surface area (TPSA) is 58.5 Å². The van der Waals surface area contributed by atoms with Gasteiger partial charge in [-0.25, -0.2) is 0 Å². The smallest absolute Gasteiger partial charge is 0.387 e. The van der Waals surface area contributed by atoms with Crippen LogP contribution in [0.3, 0.4) is 0 Å². The van der Waals surface area contributed by atoms with E-state index in [1.165, 1.54) is 0 Å². The van der Waals surface area contributed by atoms with Crippen LogP contribution in [0.4, 0.5) is 8.78 Å². The van der Waals surface area contributed by atoms with Crippen molar-refractivity contribution in [2.75, 3.05) is 13.6 Å². The van der Waals surface area contributed by atoms with Crippen LogP contribution < -0.4 is 15.4 Å². The molecule has 1 aromatic carbocycles. The van der Waals surface area contributed by atoms with Crippen LogP contribution in [0.2, 0.25) is 0 Å². The van der Waals surface area contributed by atoms with Crippen molar-refractivity contribution in [2.45, 2.75) is 33.4 Å². The number of nitrogens with zero attached hydrogens (tertiary/aromatic N) is 2. The highest BCUT2D eigenvalue weighted by molar-refractivity contribution is 14.0. The van der Waals surface area contributed by atoms with Gasteiger partial charge < -0.3 is 15.4 Å². The zero-order chi connectivity index (χ0) is 18.9. The number of pyridine rings is 1. The lowest BCUT2D eigenvalue weighted by atomic mass is 10.1. The van der Waals surface area contributed by atoms with Gasteiger partial charge in [-0.05, 0) is 38.0 Å². The number of guanidine groups is 1. The maximum atomic E-state index is 12.5. The highest BCUT2D eigenvalue weighted by atomic mass is 127. The van der Waals surface area contributed by atoms with Crippen LogP contribution in [0.5, 0.6) is 5.75 Å². The summed E-state index contributed by atoms with van der Waals surface area (Å²) in [5.74, 6) is 0.758. The molecule has 5 nitrogen and oxygen atoms in total. The number of alkyl halides is 2. The molecule has 0 atom stereocenters. The molecule has 27 heavy (non-hydrogen) atoms. The summed E-state index contributed by atoms with van der Waals surface area (Å²) in [6.45, 7) is 2.01. The van der Waals surface area contributed by atoms with Crippen molar-refractivity contribution in [1.29, 1.82) is 0 Å². The Morgan fingerprint density at radius 2 is 1.96 bits per heavy atom. The van der Waals surface area contributed by atoms with Gasteiger partial charge in [0.1, 0.15) is 5.75 Å². The van der Waals surface area contributed by atoms with Crippen molar-refractivity contribution < 1.29 is 13.5 Å². The zero-order valence-corrected chi connectivity index (χ0v) is 18.0. The minimum atomic E-state index is -2.85. The fourth-order valence-corrected chi connectivity index (χ4v) is 2.43. The first kappa shape index (κ1) is 23.1. The van der Waals surface area contributed by atoms with E-state index in [4.69, 9.17) is 0 Å². The molecule has 148 valence electrons. The summed E-state index contributed by atoms with van der Waals surface area (Å²) in [6.07, 6.45) is 2.66. The number of hydrogen-bond acceptors (Lipinski definition) is 3. The summed E-state index contributed by atoms with van der Waals surface area (Å²) in [5.41, 5.74) is 3.73. The Morgan fingerprint density at radius 1 is 1.19 bits per heavy atom. The Morgan fingerprint density at radius 3 is 2.59 bits per heavy atom. The molecule has 0 amide bonds. The fraction of sp³-hybridized carbons (Fsp3) is 0.368. The summed E-state index contributed by atoms with van der Waals surface area (Å²) in [5, 5.41) is 6.32. The maximum Gasteiger partial charge on any atom is 0.387 e. The molecule has 0 fully saturated rings. The molecule has 0 saturated heterocycles. The van der Waals surface area contributed by atoms with Crippen molar-refractivity contribution >= 4 is 29.9 Å². The van der Waals surface area contributed by atoms with Gasteiger partial charge in [-0.2, -0.15) is 8.78 Å². The Hall–Kier alpha value is -1.97. The Kier molecular flexibility index (Phi) is 9.98. The number of rotatable bonds is 7. The third kappa shape index (κ3) is 8.06. The van der Waals surface area contributed by atoms with E-state index in [9.17, 15) is 8.78 Å². The molecule has 0 aliphatic heterocycles. The van der Waals surface area contributed by atoms with Crippen molar-refractivity contribution in [3.05, 3.63) is 58.9 Å². The Labute approximate surface area is 175 Å². The third-order valence-corrected chi connectivity index (χ3v) is 3.78. The van der Waals surface area contributed by atoms with Crippen molar-refractivity contribution in [2.24, 2.45) is 4.99 Å². The van der Waals surface area contributed by atoms with Gasteiger partial charge in [0.05, 0.1) is 0 Å². The van der Waals surface area contributed by atoms with Crippen LogP contribution in [0.1, 0.15) is 22.4 Å². The van der Waals surface area contributed by atoms with Crippen LogP contribution in [0, 0.1) is 13.8 Å². The highest BCUT2D eigenvalue weighted by Gasteiger charge is 2.10. The van der Waals surface area contributed by atoms with Gasteiger partial charge in [-0.1, -0.05) is 23.8 Å². The molecular weight excluding hydrogens is 465 g/mol. The number of ether oxygens (including phenoxy) is 1. The quantitative estimate of drug-likeness (QED) is 0.352. The number of aliphatic imine (C=N–C) groups is 1. The molecule has 0 bridgehead atoms. The van der Waals surface area contributed by atoms with Crippen LogP contribution in [0.15, 0.2) is 41.5 Å². The third-order valence-electron chi connectivity index (χ3n) is 3.78. The summed E-state index contributed by atoms with van der Waals surface area (Å²) in [7, 11) is 1.66. The number of benzene rings is 1. The number of halogens is 3. The molecule has 1 heterocycles. The molecule has 2 N–H and O–H groups in total. The van der Waals surface area contributed by atoms with E-state index >= 15 is 0 Å². The lowest BCUT2D eigenvalue weighted by Gasteiger charge is -2.15. The average Bonchev–Trinajstić information content (AvgIpc) is 2.61. The van der Waals surface area contributed by atoms with E-state index in [1.807, 2.05) is 38.2 Å². The fourth-order valence-electron chi connectivity index (χ4n) is 2.43. The molecule has 2 rings (SSSR count).